The predicted molar refractivity (Wildman–Crippen MR) is 79.6 cm³/mol. The van der Waals surface area contributed by atoms with E-state index in [1.54, 1.807) is 12.1 Å². The average molecular weight is 297 g/mol. The van der Waals surface area contributed by atoms with E-state index in [1.807, 2.05) is 0 Å². The van der Waals surface area contributed by atoms with E-state index in [0.717, 1.165) is 0 Å². The molecule has 0 aromatic heterocycles. The highest BCUT2D eigenvalue weighted by molar-refractivity contribution is 5.90. The molecule has 0 heterocycles. The number of nitro benzene ring substituents is 1. The lowest BCUT2D eigenvalue weighted by atomic mass is 10.2. The maximum absolute atomic E-state index is 11.7. The van der Waals surface area contributed by atoms with E-state index in [1.165, 1.54) is 48.6 Å². The summed E-state index contributed by atoms with van der Waals surface area (Å²) in [5, 5.41) is 10.5. The van der Waals surface area contributed by atoms with Gasteiger partial charge in [0.1, 0.15) is 5.75 Å². The summed E-state index contributed by atoms with van der Waals surface area (Å²) >= 11 is 0. The Kier molecular flexibility index (Phi) is 4.77. The van der Waals surface area contributed by atoms with E-state index < -0.39 is 10.9 Å². The maximum Gasteiger partial charge on any atom is 0.336 e. The van der Waals surface area contributed by atoms with Crippen LogP contribution in [-0.2, 0) is 4.79 Å². The molecule has 0 atom stereocenters. The van der Waals surface area contributed by atoms with Crippen LogP contribution >= 0.6 is 0 Å². The van der Waals surface area contributed by atoms with Crippen LogP contribution in [0, 0.1) is 10.1 Å². The van der Waals surface area contributed by atoms with Gasteiger partial charge in [0.2, 0.25) is 0 Å². The van der Waals surface area contributed by atoms with E-state index in [-0.39, 0.29) is 17.0 Å². The van der Waals surface area contributed by atoms with Gasteiger partial charge in [-0.25, -0.2) is 4.79 Å². The second-order valence-electron chi connectivity index (χ2n) is 4.26. The van der Waals surface area contributed by atoms with E-state index >= 15 is 0 Å². The molecule has 2 aromatic carbocycles. The van der Waals surface area contributed by atoms with Gasteiger partial charge in [0.15, 0.2) is 6.29 Å². The number of ether oxygens (including phenoxy) is 1. The summed E-state index contributed by atoms with van der Waals surface area (Å²) < 4.78 is 5.05. The van der Waals surface area contributed by atoms with Crippen LogP contribution in [0.25, 0.3) is 6.08 Å². The molecule has 110 valence electrons. The first-order valence-corrected chi connectivity index (χ1v) is 6.28. The lowest BCUT2D eigenvalue weighted by Gasteiger charge is -2.03. The van der Waals surface area contributed by atoms with Crippen LogP contribution < -0.4 is 4.74 Å². The number of hydrogen-bond donors (Lipinski definition) is 0. The van der Waals surface area contributed by atoms with Crippen LogP contribution in [0.1, 0.15) is 15.9 Å². The van der Waals surface area contributed by atoms with Crippen molar-refractivity contribution >= 4 is 24.0 Å². The number of carbonyl (C=O) groups is 2. The molecule has 0 saturated carbocycles. The summed E-state index contributed by atoms with van der Waals surface area (Å²) in [4.78, 5) is 32.5. The fraction of sp³-hybridized carbons (Fsp3) is 0. The van der Waals surface area contributed by atoms with Crippen molar-refractivity contribution in [2.75, 3.05) is 0 Å². The van der Waals surface area contributed by atoms with Gasteiger partial charge in [0, 0.05) is 18.2 Å². The second kappa shape index (κ2) is 6.94. The Morgan fingerprint density at radius 3 is 2.41 bits per heavy atom. The van der Waals surface area contributed by atoms with Crippen molar-refractivity contribution in [2.24, 2.45) is 0 Å². The zero-order valence-electron chi connectivity index (χ0n) is 11.3. The molecule has 0 aliphatic carbocycles. The van der Waals surface area contributed by atoms with Gasteiger partial charge >= 0.3 is 5.97 Å². The van der Waals surface area contributed by atoms with Crippen molar-refractivity contribution in [1.29, 1.82) is 0 Å². The molecule has 0 aliphatic rings. The molecule has 0 saturated heterocycles. The topological polar surface area (TPSA) is 86.5 Å². The van der Waals surface area contributed by atoms with Crippen LogP contribution in [0.15, 0.2) is 54.6 Å². The summed E-state index contributed by atoms with van der Waals surface area (Å²) in [5.41, 5.74) is 0.866. The van der Waals surface area contributed by atoms with Crippen molar-refractivity contribution in [3.05, 3.63) is 75.8 Å². The van der Waals surface area contributed by atoms with Gasteiger partial charge in [0.25, 0.3) is 5.69 Å². The molecule has 0 N–H and O–H groups in total. The Labute approximate surface area is 125 Å². The van der Waals surface area contributed by atoms with E-state index in [9.17, 15) is 19.7 Å². The van der Waals surface area contributed by atoms with Crippen LogP contribution in [0.3, 0.4) is 0 Å². The van der Waals surface area contributed by atoms with Gasteiger partial charge < -0.3 is 4.74 Å². The molecule has 2 aromatic rings. The standard InChI is InChI=1S/C16H11NO5/c18-11-13-3-1-2-4-15(13)22-16(19)10-7-12-5-8-14(9-6-12)17(20)21/h1-11H/b10-7+. The highest BCUT2D eigenvalue weighted by atomic mass is 16.6. The van der Waals surface area contributed by atoms with Crippen LogP contribution in [0.4, 0.5) is 5.69 Å². The fourth-order valence-corrected chi connectivity index (χ4v) is 1.68. The first kappa shape index (κ1) is 15.1. The third-order valence-corrected chi connectivity index (χ3v) is 2.77. The largest absolute Gasteiger partial charge is 0.423 e. The van der Waals surface area contributed by atoms with E-state index in [4.69, 9.17) is 4.74 Å². The first-order chi connectivity index (χ1) is 10.6. The normalized spacial score (nSPS) is 10.4. The summed E-state index contributed by atoms with van der Waals surface area (Å²) in [6.07, 6.45) is 3.25. The molecular formula is C16H11NO5. The molecule has 0 fully saturated rings. The summed E-state index contributed by atoms with van der Waals surface area (Å²) in [6.45, 7) is 0. The second-order valence-corrected chi connectivity index (χ2v) is 4.26. The first-order valence-electron chi connectivity index (χ1n) is 6.28. The van der Waals surface area contributed by atoms with Crippen molar-refractivity contribution in [1.82, 2.24) is 0 Å². The fourth-order valence-electron chi connectivity index (χ4n) is 1.68. The Bertz CT molecular complexity index is 734. The van der Waals surface area contributed by atoms with E-state index in [0.29, 0.717) is 11.8 Å². The third kappa shape index (κ3) is 3.86. The average Bonchev–Trinajstić information content (AvgIpc) is 2.54. The van der Waals surface area contributed by atoms with Crippen molar-refractivity contribution < 1.29 is 19.2 Å². The maximum atomic E-state index is 11.7. The molecule has 22 heavy (non-hydrogen) atoms. The minimum Gasteiger partial charge on any atom is -0.423 e. The lowest BCUT2D eigenvalue weighted by molar-refractivity contribution is -0.384. The number of hydrogen-bond acceptors (Lipinski definition) is 5. The zero-order chi connectivity index (χ0) is 15.9. The predicted octanol–water partition coefficient (Wildman–Crippen LogP) is 3.03. The molecule has 0 spiro atoms. The monoisotopic (exact) mass is 297 g/mol. The van der Waals surface area contributed by atoms with Gasteiger partial charge in [-0.15, -0.1) is 0 Å². The zero-order valence-corrected chi connectivity index (χ0v) is 11.3. The van der Waals surface area contributed by atoms with Crippen molar-refractivity contribution in [2.45, 2.75) is 0 Å². The van der Waals surface area contributed by atoms with Crippen LogP contribution in [-0.4, -0.2) is 17.2 Å². The number of carbonyl (C=O) groups excluding carboxylic acids is 2. The smallest absolute Gasteiger partial charge is 0.336 e. The SMILES string of the molecule is O=Cc1ccccc1OC(=O)/C=C/c1ccc([N+](=O)[O-])cc1. The minimum atomic E-state index is -0.646. The molecule has 0 aliphatic heterocycles. The quantitative estimate of drug-likeness (QED) is 0.211. The Hall–Kier alpha value is -3.28. The number of aldehydes is 1. The number of benzene rings is 2. The van der Waals surface area contributed by atoms with E-state index in [2.05, 4.69) is 0 Å². The van der Waals surface area contributed by atoms with Crippen LogP contribution in [0.5, 0.6) is 5.75 Å². The Morgan fingerprint density at radius 2 is 1.77 bits per heavy atom. The number of rotatable bonds is 5. The number of non-ortho nitro benzene ring substituents is 1. The molecule has 0 radical (unpaired) electrons. The van der Waals surface area contributed by atoms with Gasteiger partial charge in [-0.1, -0.05) is 12.1 Å². The molecule has 6 nitrogen and oxygen atoms in total. The molecule has 2 rings (SSSR count). The van der Waals surface area contributed by atoms with Gasteiger partial charge in [0.05, 0.1) is 10.5 Å². The number of esters is 1. The number of nitrogens with zero attached hydrogens (tertiary/aromatic N) is 1. The molecule has 0 amide bonds. The summed E-state index contributed by atoms with van der Waals surface area (Å²) in [5.74, 6) is -0.469. The minimum absolute atomic E-state index is 0.0281. The highest BCUT2D eigenvalue weighted by Gasteiger charge is 2.06. The Balaban J connectivity index is 2.05. The third-order valence-electron chi connectivity index (χ3n) is 2.77. The molecule has 0 unspecified atom stereocenters. The number of para-hydroxylation sites is 1. The van der Waals surface area contributed by atoms with Gasteiger partial charge in [-0.05, 0) is 35.9 Å². The molecule has 6 heteroatoms. The van der Waals surface area contributed by atoms with Gasteiger partial charge in [-0.3, -0.25) is 14.9 Å². The van der Waals surface area contributed by atoms with Crippen molar-refractivity contribution in [3.8, 4) is 5.75 Å². The number of nitro groups is 1. The van der Waals surface area contributed by atoms with Gasteiger partial charge in [-0.2, -0.15) is 0 Å². The van der Waals surface area contributed by atoms with Crippen molar-refractivity contribution in [3.63, 3.8) is 0 Å². The Morgan fingerprint density at radius 1 is 1.09 bits per heavy atom. The summed E-state index contributed by atoms with van der Waals surface area (Å²) in [7, 11) is 0. The lowest BCUT2D eigenvalue weighted by Crippen LogP contribution is -2.05. The highest BCUT2D eigenvalue weighted by Crippen LogP contribution is 2.16. The molecule has 0 bridgehead atoms. The molecular weight excluding hydrogens is 286 g/mol. The van der Waals surface area contributed by atoms with Crippen LogP contribution in [0.2, 0.25) is 0 Å². The summed E-state index contributed by atoms with van der Waals surface area (Å²) in [6, 6.07) is 12.1.